The summed E-state index contributed by atoms with van der Waals surface area (Å²) in [6.07, 6.45) is 0.850. The highest BCUT2D eigenvalue weighted by Crippen LogP contribution is 2.31. The van der Waals surface area contributed by atoms with Crippen molar-refractivity contribution in [1.29, 1.82) is 0 Å². The molecule has 0 fully saturated rings. The summed E-state index contributed by atoms with van der Waals surface area (Å²) in [5.41, 5.74) is 0. The molecule has 9 heteroatoms. The molecule has 84 valence electrons. The molecule has 0 amide bonds. The van der Waals surface area contributed by atoms with Crippen molar-refractivity contribution < 1.29 is 17.3 Å². The second-order valence-electron chi connectivity index (χ2n) is 2.41. The maximum Gasteiger partial charge on any atom is 0.335 e. The van der Waals surface area contributed by atoms with Gasteiger partial charge in [0.25, 0.3) is 0 Å². The summed E-state index contributed by atoms with van der Waals surface area (Å²) in [6, 6.07) is -0.451. The molecule has 1 heterocycles. The van der Waals surface area contributed by atoms with E-state index < -0.39 is 16.1 Å². The monoisotopic (exact) mass is 272 g/mol. The maximum absolute atomic E-state index is 10.8. The standard InChI is InChI=1S/C6H6Cl2N2O4S/c1-13-3-4(7)9-6(10-5(3)8)14-15(2,11)12/h1-2H3. The minimum atomic E-state index is -3.71. The summed E-state index contributed by atoms with van der Waals surface area (Å²) in [5, 5.41) is -0.257. The van der Waals surface area contributed by atoms with Gasteiger partial charge in [-0.1, -0.05) is 23.2 Å². The predicted molar refractivity (Wildman–Crippen MR) is 54.1 cm³/mol. The summed E-state index contributed by atoms with van der Waals surface area (Å²) < 4.78 is 30.7. The zero-order valence-electron chi connectivity index (χ0n) is 7.69. The number of nitrogens with zero attached hydrogens (tertiary/aromatic N) is 2. The van der Waals surface area contributed by atoms with Gasteiger partial charge in [0.2, 0.25) is 0 Å². The van der Waals surface area contributed by atoms with Crippen molar-refractivity contribution in [3.63, 3.8) is 0 Å². The minimum absolute atomic E-state index is 0.0548. The van der Waals surface area contributed by atoms with E-state index >= 15 is 0 Å². The molecular weight excluding hydrogens is 267 g/mol. The third-order valence-electron chi connectivity index (χ3n) is 1.19. The van der Waals surface area contributed by atoms with Gasteiger partial charge in [-0.15, -0.1) is 0 Å². The zero-order valence-corrected chi connectivity index (χ0v) is 10.0. The van der Waals surface area contributed by atoms with Crippen molar-refractivity contribution in [2.45, 2.75) is 0 Å². The van der Waals surface area contributed by atoms with Crippen LogP contribution in [0.3, 0.4) is 0 Å². The van der Waals surface area contributed by atoms with Gasteiger partial charge in [0, 0.05) is 0 Å². The van der Waals surface area contributed by atoms with Crippen molar-refractivity contribution in [3.05, 3.63) is 10.3 Å². The van der Waals surface area contributed by atoms with E-state index in [0.29, 0.717) is 0 Å². The summed E-state index contributed by atoms with van der Waals surface area (Å²) in [5.74, 6) is 0.0548. The first-order valence-electron chi connectivity index (χ1n) is 3.50. The number of hydrogen-bond acceptors (Lipinski definition) is 6. The van der Waals surface area contributed by atoms with Gasteiger partial charge in [0.05, 0.1) is 13.4 Å². The summed E-state index contributed by atoms with van der Waals surface area (Å²) in [4.78, 5) is 7.07. The van der Waals surface area contributed by atoms with E-state index in [2.05, 4.69) is 14.2 Å². The van der Waals surface area contributed by atoms with E-state index in [-0.39, 0.29) is 16.1 Å². The normalized spacial score (nSPS) is 11.2. The smallest absolute Gasteiger partial charge is 0.335 e. The van der Waals surface area contributed by atoms with Crippen LogP contribution >= 0.6 is 23.2 Å². The van der Waals surface area contributed by atoms with Gasteiger partial charge >= 0.3 is 16.1 Å². The van der Waals surface area contributed by atoms with Gasteiger partial charge in [-0.3, -0.25) is 0 Å². The fraction of sp³-hybridized carbons (Fsp3) is 0.333. The highest BCUT2D eigenvalue weighted by atomic mass is 35.5. The Labute approximate surface area is 96.3 Å². The molecule has 6 nitrogen and oxygen atoms in total. The van der Waals surface area contributed by atoms with Crippen LogP contribution < -0.4 is 8.92 Å². The van der Waals surface area contributed by atoms with Crippen LogP contribution in [0.15, 0.2) is 0 Å². The Morgan fingerprint density at radius 1 is 1.20 bits per heavy atom. The molecule has 1 aromatic heterocycles. The number of rotatable bonds is 3. The second kappa shape index (κ2) is 4.38. The lowest BCUT2D eigenvalue weighted by Gasteiger charge is -2.05. The molecule has 1 rings (SSSR count). The lowest BCUT2D eigenvalue weighted by Crippen LogP contribution is -2.09. The number of ether oxygens (including phenoxy) is 1. The Kier molecular flexibility index (Phi) is 3.58. The van der Waals surface area contributed by atoms with Crippen molar-refractivity contribution >= 4 is 33.3 Å². The van der Waals surface area contributed by atoms with E-state index in [9.17, 15) is 8.42 Å². The van der Waals surface area contributed by atoms with E-state index in [0.717, 1.165) is 6.26 Å². The molecule has 0 unspecified atom stereocenters. The Morgan fingerprint density at radius 2 is 1.67 bits per heavy atom. The van der Waals surface area contributed by atoms with Crippen LogP contribution in [0.1, 0.15) is 0 Å². The molecule has 0 aliphatic heterocycles. The van der Waals surface area contributed by atoms with Gasteiger partial charge in [0.15, 0.2) is 16.1 Å². The number of aromatic nitrogens is 2. The molecule has 0 saturated carbocycles. The van der Waals surface area contributed by atoms with Gasteiger partial charge < -0.3 is 8.92 Å². The highest BCUT2D eigenvalue weighted by molar-refractivity contribution is 7.86. The van der Waals surface area contributed by atoms with Gasteiger partial charge in [-0.05, 0) is 0 Å². The van der Waals surface area contributed by atoms with Crippen molar-refractivity contribution in [2.75, 3.05) is 13.4 Å². The van der Waals surface area contributed by atoms with E-state index in [4.69, 9.17) is 27.9 Å². The molecule has 1 aromatic rings. The molecule has 0 aromatic carbocycles. The van der Waals surface area contributed by atoms with Crippen LogP contribution in [0.25, 0.3) is 0 Å². The quantitative estimate of drug-likeness (QED) is 0.606. The first-order chi connectivity index (χ1) is 6.83. The Hall–Kier alpha value is -0.790. The van der Waals surface area contributed by atoms with Crippen LogP contribution in [-0.4, -0.2) is 31.8 Å². The van der Waals surface area contributed by atoms with Gasteiger partial charge in [-0.25, -0.2) is 0 Å². The lowest BCUT2D eigenvalue weighted by molar-refractivity contribution is 0.406. The van der Waals surface area contributed by atoms with Crippen LogP contribution in [0.2, 0.25) is 10.3 Å². The summed E-state index contributed by atoms with van der Waals surface area (Å²) in [6.45, 7) is 0. The third kappa shape index (κ3) is 3.37. The molecule has 0 N–H and O–H groups in total. The van der Waals surface area contributed by atoms with Crippen LogP contribution in [0.4, 0.5) is 0 Å². The topological polar surface area (TPSA) is 78.4 Å². The van der Waals surface area contributed by atoms with Crippen LogP contribution in [-0.2, 0) is 10.1 Å². The molecule has 0 aliphatic rings. The Morgan fingerprint density at radius 3 is 2.00 bits per heavy atom. The third-order valence-corrected chi connectivity index (χ3v) is 2.16. The Balaban J connectivity index is 3.15. The SMILES string of the molecule is COc1c(Cl)nc(OS(C)(=O)=O)nc1Cl. The van der Waals surface area contributed by atoms with Crippen LogP contribution in [0.5, 0.6) is 11.8 Å². The largest absolute Gasteiger partial charge is 0.491 e. The van der Waals surface area contributed by atoms with E-state index in [1.807, 2.05) is 0 Å². The van der Waals surface area contributed by atoms with E-state index in [1.54, 1.807) is 0 Å². The first-order valence-corrected chi connectivity index (χ1v) is 6.07. The zero-order chi connectivity index (χ0) is 11.6. The van der Waals surface area contributed by atoms with Crippen molar-refractivity contribution in [1.82, 2.24) is 9.97 Å². The average molecular weight is 273 g/mol. The lowest BCUT2D eigenvalue weighted by atomic mass is 10.6. The molecule has 0 saturated heterocycles. The Bertz CT molecular complexity index is 453. The van der Waals surface area contributed by atoms with Crippen molar-refractivity contribution in [2.24, 2.45) is 0 Å². The minimum Gasteiger partial charge on any atom is -0.491 e. The molecule has 0 spiro atoms. The molecule has 15 heavy (non-hydrogen) atoms. The predicted octanol–water partition coefficient (Wildman–Crippen LogP) is 1.13. The van der Waals surface area contributed by atoms with E-state index in [1.165, 1.54) is 7.11 Å². The van der Waals surface area contributed by atoms with Gasteiger partial charge in [-0.2, -0.15) is 18.4 Å². The second-order valence-corrected chi connectivity index (χ2v) is 4.70. The van der Waals surface area contributed by atoms with Gasteiger partial charge in [0.1, 0.15) is 0 Å². The highest BCUT2D eigenvalue weighted by Gasteiger charge is 2.15. The fourth-order valence-electron chi connectivity index (χ4n) is 0.721. The fourth-order valence-corrected chi connectivity index (χ4v) is 1.59. The molecule has 0 atom stereocenters. The van der Waals surface area contributed by atoms with Crippen molar-refractivity contribution in [3.8, 4) is 11.8 Å². The average Bonchev–Trinajstić information content (AvgIpc) is 1.99. The molecule has 0 aliphatic carbocycles. The number of methoxy groups -OCH3 is 1. The summed E-state index contributed by atoms with van der Waals surface area (Å²) in [7, 11) is -2.39. The molecule has 0 radical (unpaired) electrons. The van der Waals surface area contributed by atoms with Crippen LogP contribution in [0, 0.1) is 0 Å². The summed E-state index contributed by atoms with van der Waals surface area (Å²) >= 11 is 11.3. The number of hydrogen-bond donors (Lipinski definition) is 0. The maximum atomic E-state index is 10.8. The molecule has 0 bridgehead atoms. The molecular formula is C6H6Cl2N2O4S. The first kappa shape index (κ1) is 12.3. The number of halogens is 2.